The zero-order valence-corrected chi connectivity index (χ0v) is 6.96. The lowest BCUT2D eigenvalue weighted by atomic mass is 10.6. The summed E-state index contributed by atoms with van der Waals surface area (Å²) in [5.41, 5.74) is 2.12. The number of aromatic nitrogens is 1. The van der Waals surface area contributed by atoms with Crippen LogP contribution in [-0.4, -0.2) is 9.19 Å². The van der Waals surface area contributed by atoms with Gasteiger partial charge in [0.05, 0.1) is 11.2 Å². The van der Waals surface area contributed by atoms with E-state index in [4.69, 9.17) is 9.92 Å². The molecule has 0 bridgehead atoms. The highest BCUT2D eigenvalue weighted by atomic mass is 32.2. The first kappa shape index (κ1) is 7.64. The largest absolute Gasteiger partial charge is 0.249 e. The molecule has 1 atom stereocenters. The quantitative estimate of drug-likeness (QED) is 0.663. The summed E-state index contributed by atoms with van der Waals surface area (Å²) >= 11 is 1.16. The number of rotatable bonds is 1. The van der Waals surface area contributed by atoms with Crippen LogP contribution in [0.25, 0.3) is 0 Å². The van der Waals surface area contributed by atoms with Gasteiger partial charge in [0.15, 0.2) is 0 Å². The van der Waals surface area contributed by atoms with Crippen LogP contribution in [-0.2, 0) is 9.92 Å². The lowest BCUT2D eigenvalue weighted by Gasteiger charge is -1.94. The van der Waals surface area contributed by atoms with Crippen molar-refractivity contribution in [3.63, 3.8) is 0 Å². The number of nitrogens with one attached hydrogen (secondary N) is 1. The molecule has 0 aliphatic carbocycles. The maximum Gasteiger partial charge on any atom is 0.143 e. The standard InChI is InChI=1S/C4H7N3OS2/c1-3-4(9-2-7-3)10(5,6)8/h2H,1H3,(H3,5,6,8). The van der Waals surface area contributed by atoms with E-state index in [2.05, 4.69) is 4.98 Å². The molecule has 1 rings (SSSR count). The molecule has 0 radical (unpaired) electrons. The van der Waals surface area contributed by atoms with Crippen molar-refractivity contribution < 1.29 is 4.21 Å². The summed E-state index contributed by atoms with van der Waals surface area (Å²) in [6.45, 7) is 1.69. The first-order valence-corrected chi connectivity index (χ1v) is 4.98. The van der Waals surface area contributed by atoms with Crippen LogP contribution in [0.5, 0.6) is 0 Å². The minimum absolute atomic E-state index is 0.368. The lowest BCUT2D eigenvalue weighted by Crippen LogP contribution is -2.09. The number of hydrogen-bond donors (Lipinski definition) is 2. The third-order valence-electron chi connectivity index (χ3n) is 0.977. The highest BCUT2D eigenvalue weighted by Gasteiger charge is 2.09. The summed E-state index contributed by atoms with van der Waals surface area (Å²) in [4.78, 5) is 3.82. The maximum atomic E-state index is 10.9. The molecule has 0 spiro atoms. The topological polar surface area (TPSA) is 79.8 Å². The molecule has 0 fully saturated rings. The summed E-state index contributed by atoms with van der Waals surface area (Å²) in [6.07, 6.45) is 0. The van der Waals surface area contributed by atoms with E-state index >= 15 is 0 Å². The van der Waals surface area contributed by atoms with E-state index < -0.39 is 9.92 Å². The van der Waals surface area contributed by atoms with Gasteiger partial charge in [-0.3, -0.25) is 0 Å². The molecular formula is C4H7N3OS2. The Morgan fingerprint density at radius 1 is 1.90 bits per heavy atom. The first-order valence-electron chi connectivity index (χ1n) is 2.48. The minimum Gasteiger partial charge on any atom is -0.249 e. The molecule has 0 aliphatic rings. The third-order valence-corrected chi connectivity index (χ3v) is 3.57. The summed E-state index contributed by atoms with van der Waals surface area (Å²) < 4.78 is 18.3. The van der Waals surface area contributed by atoms with Gasteiger partial charge in [-0.25, -0.2) is 19.1 Å². The number of nitrogens with two attached hydrogens (primary N) is 1. The first-order chi connectivity index (χ1) is 4.52. The zero-order chi connectivity index (χ0) is 7.78. The number of hydrogen-bond acceptors (Lipinski definition) is 4. The Balaban J connectivity index is 3.32. The van der Waals surface area contributed by atoms with Crippen molar-refractivity contribution in [3.05, 3.63) is 11.2 Å². The van der Waals surface area contributed by atoms with Gasteiger partial charge in [-0.1, -0.05) is 0 Å². The van der Waals surface area contributed by atoms with E-state index in [9.17, 15) is 4.21 Å². The summed E-state index contributed by atoms with van der Waals surface area (Å²) in [6, 6.07) is 0. The molecule has 0 amide bonds. The Morgan fingerprint density at radius 3 is 2.70 bits per heavy atom. The van der Waals surface area contributed by atoms with Crippen LogP contribution < -0.4 is 5.14 Å². The molecule has 0 aliphatic heterocycles. The van der Waals surface area contributed by atoms with Crippen LogP contribution in [0.2, 0.25) is 0 Å². The highest BCUT2D eigenvalue weighted by Crippen LogP contribution is 2.16. The predicted octanol–water partition coefficient (Wildman–Crippen LogP) is 0.731. The van der Waals surface area contributed by atoms with E-state index in [0.29, 0.717) is 9.90 Å². The van der Waals surface area contributed by atoms with Crippen LogP contribution in [0.3, 0.4) is 0 Å². The molecule has 10 heavy (non-hydrogen) atoms. The Kier molecular flexibility index (Phi) is 1.76. The molecule has 0 saturated carbocycles. The monoisotopic (exact) mass is 177 g/mol. The maximum absolute atomic E-state index is 10.9. The molecule has 0 aromatic carbocycles. The molecule has 1 unspecified atom stereocenters. The third kappa shape index (κ3) is 1.34. The second-order valence-corrected chi connectivity index (χ2v) is 4.55. The molecule has 56 valence electrons. The van der Waals surface area contributed by atoms with Gasteiger partial charge in [0, 0.05) is 0 Å². The molecule has 1 aromatic heterocycles. The molecular weight excluding hydrogens is 170 g/mol. The normalized spacial score (nSPS) is 16.6. The van der Waals surface area contributed by atoms with Gasteiger partial charge in [0.1, 0.15) is 14.1 Å². The van der Waals surface area contributed by atoms with Crippen LogP contribution in [0.4, 0.5) is 0 Å². The Hall–Kier alpha value is -0.460. The van der Waals surface area contributed by atoms with Crippen molar-refractivity contribution >= 4 is 21.3 Å². The van der Waals surface area contributed by atoms with Crippen LogP contribution in [0, 0.1) is 11.7 Å². The van der Waals surface area contributed by atoms with E-state index in [1.807, 2.05) is 0 Å². The fourth-order valence-electron chi connectivity index (χ4n) is 0.582. The van der Waals surface area contributed by atoms with Crippen LogP contribution in [0.1, 0.15) is 5.69 Å². The average Bonchev–Trinajstić information content (AvgIpc) is 2.11. The highest BCUT2D eigenvalue weighted by molar-refractivity contribution is 7.92. The molecule has 1 heterocycles. The molecule has 6 heteroatoms. The Bertz CT molecular complexity index is 326. The van der Waals surface area contributed by atoms with E-state index in [1.165, 1.54) is 5.51 Å². The molecule has 3 N–H and O–H groups in total. The van der Waals surface area contributed by atoms with Crippen molar-refractivity contribution in [1.82, 2.24) is 4.98 Å². The van der Waals surface area contributed by atoms with Gasteiger partial charge in [0.25, 0.3) is 0 Å². The van der Waals surface area contributed by atoms with Gasteiger partial charge in [-0.2, -0.15) is 0 Å². The number of aryl methyl sites for hydroxylation is 1. The number of nitrogens with zero attached hydrogens (tertiary/aromatic N) is 1. The number of thiazole rings is 1. The second-order valence-electron chi connectivity index (χ2n) is 1.83. The van der Waals surface area contributed by atoms with Gasteiger partial charge >= 0.3 is 0 Å². The smallest absolute Gasteiger partial charge is 0.143 e. The van der Waals surface area contributed by atoms with E-state index in [1.54, 1.807) is 6.92 Å². The second kappa shape index (κ2) is 2.30. The van der Waals surface area contributed by atoms with Crippen molar-refractivity contribution in [2.45, 2.75) is 11.1 Å². The molecule has 1 aromatic rings. The Morgan fingerprint density at radius 2 is 2.50 bits per heavy atom. The van der Waals surface area contributed by atoms with E-state index in [-0.39, 0.29) is 0 Å². The minimum atomic E-state index is -3.03. The SMILES string of the molecule is Cc1ncsc1S(=N)(N)=O. The van der Waals surface area contributed by atoms with Crippen molar-refractivity contribution in [1.29, 1.82) is 4.78 Å². The van der Waals surface area contributed by atoms with Crippen molar-refractivity contribution in [2.24, 2.45) is 5.14 Å². The Labute approximate surface area is 63.2 Å². The lowest BCUT2D eigenvalue weighted by molar-refractivity contribution is 0.677. The summed E-state index contributed by atoms with van der Waals surface area (Å²) in [5, 5.41) is 5.07. The summed E-state index contributed by atoms with van der Waals surface area (Å²) in [7, 11) is -3.03. The molecule has 4 nitrogen and oxygen atoms in total. The molecule has 0 saturated heterocycles. The average molecular weight is 177 g/mol. The van der Waals surface area contributed by atoms with Gasteiger partial charge in [-0.15, -0.1) is 11.3 Å². The van der Waals surface area contributed by atoms with Gasteiger partial charge in [0.2, 0.25) is 0 Å². The van der Waals surface area contributed by atoms with Crippen molar-refractivity contribution in [2.75, 3.05) is 0 Å². The van der Waals surface area contributed by atoms with Gasteiger partial charge < -0.3 is 0 Å². The zero-order valence-electron chi connectivity index (χ0n) is 5.33. The van der Waals surface area contributed by atoms with Crippen LogP contribution in [0.15, 0.2) is 9.72 Å². The summed E-state index contributed by atoms with van der Waals surface area (Å²) in [5.74, 6) is 0. The van der Waals surface area contributed by atoms with Gasteiger partial charge in [-0.05, 0) is 6.92 Å². The predicted molar refractivity (Wildman–Crippen MR) is 40.2 cm³/mol. The van der Waals surface area contributed by atoms with Crippen molar-refractivity contribution in [3.8, 4) is 0 Å². The fourth-order valence-corrected chi connectivity index (χ4v) is 2.30. The van der Waals surface area contributed by atoms with E-state index in [0.717, 1.165) is 11.3 Å². The fraction of sp³-hybridized carbons (Fsp3) is 0.250. The van der Waals surface area contributed by atoms with Crippen LogP contribution >= 0.6 is 11.3 Å².